The fourth-order valence-corrected chi connectivity index (χ4v) is 1.62. The maximum absolute atomic E-state index is 4.57. The Morgan fingerprint density at radius 2 is 1.94 bits per heavy atom. The van der Waals surface area contributed by atoms with E-state index in [1.54, 1.807) is 0 Å². The SMILES string of the molecule is C/C=C1/C=CC=C(C(C)C)C1=NCC.CC. The molecule has 0 spiro atoms. The summed E-state index contributed by atoms with van der Waals surface area (Å²) in [5.41, 5.74) is 3.77. The van der Waals surface area contributed by atoms with Crippen molar-refractivity contribution < 1.29 is 0 Å². The number of aliphatic imine (C=N–C) groups is 1. The monoisotopic (exact) mass is 219 g/mol. The maximum atomic E-state index is 4.57. The molecule has 0 saturated carbocycles. The van der Waals surface area contributed by atoms with Gasteiger partial charge in [0.2, 0.25) is 0 Å². The van der Waals surface area contributed by atoms with E-state index in [0.29, 0.717) is 5.92 Å². The summed E-state index contributed by atoms with van der Waals surface area (Å²) in [5.74, 6) is 0.542. The van der Waals surface area contributed by atoms with Gasteiger partial charge in [0.25, 0.3) is 0 Å². The molecule has 0 saturated heterocycles. The van der Waals surface area contributed by atoms with Crippen LogP contribution < -0.4 is 0 Å². The highest BCUT2D eigenvalue weighted by atomic mass is 14.7. The quantitative estimate of drug-likeness (QED) is 0.645. The van der Waals surface area contributed by atoms with E-state index >= 15 is 0 Å². The lowest BCUT2D eigenvalue weighted by molar-refractivity contribution is 0.800. The molecule has 90 valence electrons. The van der Waals surface area contributed by atoms with Gasteiger partial charge in [-0.15, -0.1) is 0 Å². The van der Waals surface area contributed by atoms with Gasteiger partial charge < -0.3 is 0 Å². The van der Waals surface area contributed by atoms with Crippen LogP contribution >= 0.6 is 0 Å². The average Bonchev–Trinajstić information content (AvgIpc) is 2.32. The van der Waals surface area contributed by atoms with Gasteiger partial charge in [0.15, 0.2) is 0 Å². The van der Waals surface area contributed by atoms with Crippen molar-refractivity contribution in [3.63, 3.8) is 0 Å². The zero-order valence-electron chi connectivity index (χ0n) is 11.5. The minimum atomic E-state index is 0.542. The van der Waals surface area contributed by atoms with Crippen molar-refractivity contribution in [2.24, 2.45) is 10.9 Å². The molecule has 0 unspecified atom stereocenters. The molecule has 0 aromatic carbocycles. The third kappa shape index (κ3) is 3.80. The second-order valence-electron chi connectivity index (χ2n) is 3.70. The first-order chi connectivity index (χ1) is 7.70. The number of hydrogen-bond acceptors (Lipinski definition) is 1. The van der Waals surface area contributed by atoms with Crippen LogP contribution in [0.3, 0.4) is 0 Å². The molecule has 0 heterocycles. The molecule has 0 aromatic rings. The number of allylic oxidation sites excluding steroid dienone is 6. The van der Waals surface area contributed by atoms with Crippen molar-refractivity contribution in [3.8, 4) is 0 Å². The second-order valence-corrected chi connectivity index (χ2v) is 3.70. The van der Waals surface area contributed by atoms with E-state index in [1.165, 1.54) is 16.9 Å². The van der Waals surface area contributed by atoms with Crippen molar-refractivity contribution in [1.29, 1.82) is 0 Å². The predicted molar refractivity (Wildman–Crippen MR) is 75.1 cm³/mol. The molecule has 1 nitrogen and oxygen atoms in total. The first-order valence-corrected chi connectivity index (χ1v) is 6.30. The third-order valence-corrected chi connectivity index (χ3v) is 2.35. The highest BCUT2D eigenvalue weighted by Gasteiger charge is 2.15. The standard InChI is InChI=1S/C13H19N.C2H6/c1-5-11-8-7-9-12(10(3)4)13(11)14-6-2;1-2/h5,7-10H,6H2,1-4H3;1-2H3/b11-5-,14-13?;. The first kappa shape index (κ1) is 14.9. The van der Waals surface area contributed by atoms with Gasteiger partial charge in [0, 0.05) is 6.54 Å². The minimum absolute atomic E-state index is 0.542. The Bertz CT molecular complexity index is 314. The minimum Gasteiger partial charge on any atom is -0.285 e. The van der Waals surface area contributed by atoms with Crippen LogP contribution in [0.1, 0.15) is 41.5 Å². The van der Waals surface area contributed by atoms with Gasteiger partial charge >= 0.3 is 0 Å². The van der Waals surface area contributed by atoms with Crippen LogP contribution in [0.15, 0.2) is 40.4 Å². The summed E-state index contributed by atoms with van der Waals surface area (Å²) >= 11 is 0. The molecule has 0 radical (unpaired) electrons. The van der Waals surface area contributed by atoms with Crippen LogP contribution in [0.25, 0.3) is 0 Å². The van der Waals surface area contributed by atoms with Crippen molar-refractivity contribution in [2.45, 2.75) is 41.5 Å². The van der Waals surface area contributed by atoms with Gasteiger partial charge in [-0.1, -0.05) is 52.0 Å². The van der Waals surface area contributed by atoms with Crippen LogP contribution in [-0.4, -0.2) is 12.3 Å². The normalized spacial score (nSPS) is 19.8. The molecule has 1 heteroatoms. The van der Waals surface area contributed by atoms with E-state index < -0.39 is 0 Å². The molecule has 1 rings (SSSR count). The Morgan fingerprint density at radius 3 is 2.38 bits per heavy atom. The zero-order valence-corrected chi connectivity index (χ0v) is 11.5. The van der Waals surface area contributed by atoms with Gasteiger partial charge in [0.05, 0.1) is 5.71 Å². The first-order valence-electron chi connectivity index (χ1n) is 6.30. The van der Waals surface area contributed by atoms with Crippen LogP contribution in [0.2, 0.25) is 0 Å². The molecule has 0 aliphatic heterocycles. The fraction of sp³-hybridized carbons (Fsp3) is 0.533. The van der Waals surface area contributed by atoms with Crippen molar-refractivity contribution >= 4 is 5.71 Å². The molecular weight excluding hydrogens is 194 g/mol. The lowest BCUT2D eigenvalue weighted by Crippen LogP contribution is -2.13. The molecule has 0 N–H and O–H groups in total. The van der Waals surface area contributed by atoms with Crippen molar-refractivity contribution in [1.82, 2.24) is 0 Å². The van der Waals surface area contributed by atoms with Gasteiger partial charge in [-0.25, -0.2) is 0 Å². The van der Waals surface area contributed by atoms with E-state index in [9.17, 15) is 0 Å². The summed E-state index contributed by atoms with van der Waals surface area (Å²) < 4.78 is 0. The smallest absolute Gasteiger partial charge is 0.0677 e. The molecule has 0 fully saturated rings. The summed E-state index contributed by atoms with van der Waals surface area (Å²) in [6, 6.07) is 0. The molecule has 1 aliphatic carbocycles. The van der Waals surface area contributed by atoms with E-state index in [1.807, 2.05) is 13.8 Å². The van der Waals surface area contributed by atoms with E-state index in [-0.39, 0.29) is 0 Å². The van der Waals surface area contributed by atoms with E-state index in [4.69, 9.17) is 0 Å². The molecule has 0 atom stereocenters. The Labute approximate surface area is 101 Å². The zero-order chi connectivity index (χ0) is 12.6. The van der Waals surface area contributed by atoms with Crippen molar-refractivity contribution in [3.05, 3.63) is 35.5 Å². The van der Waals surface area contributed by atoms with E-state index in [2.05, 4.69) is 57.0 Å². The van der Waals surface area contributed by atoms with Gasteiger partial charge in [-0.3, -0.25) is 4.99 Å². The molecular formula is C15H25N. The van der Waals surface area contributed by atoms with Crippen LogP contribution in [0.4, 0.5) is 0 Å². The molecule has 16 heavy (non-hydrogen) atoms. The predicted octanol–water partition coefficient (Wildman–Crippen LogP) is 4.57. The van der Waals surface area contributed by atoms with Gasteiger partial charge in [0.1, 0.15) is 0 Å². The number of hydrogen-bond donors (Lipinski definition) is 0. The number of nitrogens with zero attached hydrogens (tertiary/aromatic N) is 1. The molecule has 0 aromatic heterocycles. The van der Waals surface area contributed by atoms with Crippen LogP contribution in [0, 0.1) is 5.92 Å². The summed E-state index contributed by atoms with van der Waals surface area (Å²) in [5, 5.41) is 0. The largest absolute Gasteiger partial charge is 0.285 e. The Morgan fingerprint density at radius 1 is 1.31 bits per heavy atom. The molecule has 0 amide bonds. The van der Waals surface area contributed by atoms with Crippen molar-refractivity contribution in [2.75, 3.05) is 6.54 Å². The maximum Gasteiger partial charge on any atom is 0.0677 e. The van der Waals surface area contributed by atoms with E-state index in [0.717, 1.165) is 6.54 Å². The fourth-order valence-electron chi connectivity index (χ4n) is 1.62. The van der Waals surface area contributed by atoms with Crippen LogP contribution in [-0.2, 0) is 0 Å². The van der Waals surface area contributed by atoms with Gasteiger partial charge in [-0.2, -0.15) is 0 Å². The lowest BCUT2D eigenvalue weighted by Gasteiger charge is -2.18. The summed E-state index contributed by atoms with van der Waals surface area (Å²) in [6.07, 6.45) is 8.53. The molecule has 1 aliphatic rings. The highest BCUT2D eigenvalue weighted by molar-refractivity contribution is 6.15. The van der Waals surface area contributed by atoms with Gasteiger partial charge in [-0.05, 0) is 30.9 Å². The third-order valence-electron chi connectivity index (χ3n) is 2.35. The topological polar surface area (TPSA) is 12.4 Å². The van der Waals surface area contributed by atoms with Crippen LogP contribution in [0.5, 0.6) is 0 Å². The Hall–Kier alpha value is -1.11. The summed E-state index contributed by atoms with van der Waals surface area (Å²) in [6.45, 7) is 13.4. The lowest BCUT2D eigenvalue weighted by atomic mass is 9.89. The highest BCUT2D eigenvalue weighted by Crippen LogP contribution is 2.21. The summed E-state index contributed by atoms with van der Waals surface area (Å²) in [7, 11) is 0. The number of rotatable bonds is 2. The summed E-state index contributed by atoms with van der Waals surface area (Å²) in [4.78, 5) is 4.57. The average molecular weight is 219 g/mol. The Balaban J connectivity index is 0.00000106. The molecule has 0 bridgehead atoms. The Kier molecular flexibility index (Phi) is 7.53. The second kappa shape index (κ2) is 8.09.